The minimum Gasteiger partial charge on any atom is -0.306 e. The van der Waals surface area contributed by atoms with Gasteiger partial charge in [-0.25, -0.2) is 9.78 Å². The number of rotatable bonds is 6. The monoisotopic (exact) mass is 442 g/mol. The van der Waals surface area contributed by atoms with Crippen molar-refractivity contribution in [1.82, 2.24) is 19.1 Å². The second-order valence-corrected chi connectivity index (χ2v) is 8.70. The number of nitrogens with one attached hydrogen (secondary N) is 1. The van der Waals surface area contributed by atoms with E-state index in [-0.39, 0.29) is 11.2 Å². The highest BCUT2D eigenvalue weighted by molar-refractivity contribution is 7.99. The number of benzene rings is 3. The Morgan fingerprint density at radius 3 is 2.56 bits per heavy atom. The summed E-state index contributed by atoms with van der Waals surface area (Å²) in [5.74, 6) is 0.725. The second-order valence-electron chi connectivity index (χ2n) is 7.64. The number of para-hydroxylation sites is 4. The van der Waals surface area contributed by atoms with Gasteiger partial charge in [-0.05, 0) is 49.2 Å². The zero-order valence-electron chi connectivity index (χ0n) is 17.6. The van der Waals surface area contributed by atoms with Gasteiger partial charge >= 0.3 is 5.69 Å². The first kappa shape index (κ1) is 20.3. The van der Waals surface area contributed by atoms with Crippen LogP contribution in [-0.4, -0.2) is 24.9 Å². The normalized spacial score (nSPS) is 11.4. The number of hydrogen-bond donors (Lipinski definition) is 1. The summed E-state index contributed by atoms with van der Waals surface area (Å²) in [6.07, 6.45) is 0.767. The Hall–Kier alpha value is -3.58. The average molecular weight is 443 g/mol. The van der Waals surface area contributed by atoms with Gasteiger partial charge in [0.25, 0.3) is 5.56 Å². The number of fused-ring (bicyclic) bond motifs is 2. The largest absolute Gasteiger partial charge is 0.326 e. The summed E-state index contributed by atoms with van der Waals surface area (Å²) in [5.41, 5.74) is 4.12. The van der Waals surface area contributed by atoms with E-state index in [1.54, 1.807) is 9.13 Å². The fraction of sp³-hybridized carbons (Fsp3) is 0.160. The van der Waals surface area contributed by atoms with E-state index in [2.05, 4.69) is 4.98 Å². The molecule has 0 amide bonds. The summed E-state index contributed by atoms with van der Waals surface area (Å²) >= 11 is 1.54. The van der Waals surface area contributed by atoms with Crippen molar-refractivity contribution in [3.8, 4) is 5.69 Å². The maximum atomic E-state index is 13.4. The fourth-order valence-electron chi connectivity index (χ4n) is 3.95. The third kappa shape index (κ3) is 3.65. The number of hydrogen-bond acceptors (Lipinski definition) is 4. The van der Waals surface area contributed by atoms with Crippen LogP contribution in [0.25, 0.3) is 27.6 Å². The molecule has 0 spiro atoms. The molecule has 0 unspecified atom stereocenters. The van der Waals surface area contributed by atoms with Crippen molar-refractivity contribution >= 4 is 33.7 Å². The number of aromatic nitrogens is 4. The van der Waals surface area contributed by atoms with Crippen molar-refractivity contribution in [3.05, 3.63) is 99.2 Å². The molecule has 0 fully saturated rings. The molecule has 5 rings (SSSR count). The summed E-state index contributed by atoms with van der Waals surface area (Å²) < 4.78 is 3.47. The van der Waals surface area contributed by atoms with Gasteiger partial charge < -0.3 is 4.98 Å². The topological polar surface area (TPSA) is 72.7 Å². The molecule has 3 aromatic carbocycles. The standard InChI is InChI=1S/C25H22N4O2S/c1-17-9-2-6-13-21(17)29-23(30)18-10-3-4-11-19(18)27-25(29)32-16-8-15-28-22-14-7-5-12-20(22)26-24(28)31/h2-7,9-14H,8,15-16H2,1H3,(H,26,31). The molecule has 0 aliphatic carbocycles. The smallest absolute Gasteiger partial charge is 0.306 e. The van der Waals surface area contributed by atoms with E-state index >= 15 is 0 Å². The Labute approximate surface area is 188 Å². The van der Waals surface area contributed by atoms with E-state index in [0.29, 0.717) is 22.6 Å². The van der Waals surface area contributed by atoms with Crippen LogP contribution in [0.15, 0.2) is 87.5 Å². The molecule has 0 aliphatic rings. The fourth-order valence-corrected chi connectivity index (χ4v) is 4.88. The summed E-state index contributed by atoms with van der Waals surface area (Å²) in [5, 5.41) is 1.26. The molecule has 2 heterocycles. The Kier molecular flexibility index (Phi) is 5.41. The molecule has 1 N–H and O–H groups in total. The van der Waals surface area contributed by atoms with Crippen molar-refractivity contribution in [1.29, 1.82) is 0 Å². The van der Waals surface area contributed by atoms with Crippen LogP contribution in [0.1, 0.15) is 12.0 Å². The van der Waals surface area contributed by atoms with Crippen LogP contribution in [0.3, 0.4) is 0 Å². The number of imidazole rings is 1. The minimum absolute atomic E-state index is 0.0692. The Balaban J connectivity index is 1.45. The molecule has 0 atom stereocenters. The van der Waals surface area contributed by atoms with Gasteiger partial charge in [0.1, 0.15) is 0 Å². The van der Waals surface area contributed by atoms with Gasteiger partial charge in [0.05, 0.1) is 27.6 Å². The number of nitrogens with zero attached hydrogens (tertiary/aromatic N) is 3. The van der Waals surface area contributed by atoms with Crippen LogP contribution in [0.2, 0.25) is 0 Å². The summed E-state index contributed by atoms with van der Waals surface area (Å²) in [7, 11) is 0. The van der Waals surface area contributed by atoms with E-state index in [1.165, 1.54) is 11.8 Å². The molecular formula is C25H22N4O2S. The SMILES string of the molecule is Cc1ccccc1-n1c(SCCCn2c(=O)[nH]c3ccccc32)nc2ccccc2c1=O. The van der Waals surface area contributed by atoms with Crippen LogP contribution < -0.4 is 11.2 Å². The van der Waals surface area contributed by atoms with Gasteiger partial charge in [-0.3, -0.25) is 13.9 Å². The van der Waals surface area contributed by atoms with E-state index in [4.69, 9.17) is 4.98 Å². The van der Waals surface area contributed by atoms with Crippen LogP contribution in [0.5, 0.6) is 0 Å². The van der Waals surface area contributed by atoms with Gasteiger partial charge in [-0.2, -0.15) is 0 Å². The Bertz CT molecular complexity index is 1550. The molecule has 6 nitrogen and oxygen atoms in total. The van der Waals surface area contributed by atoms with E-state index in [1.807, 2.05) is 79.7 Å². The molecule has 5 aromatic rings. The van der Waals surface area contributed by atoms with Crippen LogP contribution in [0, 0.1) is 6.92 Å². The van der Waals surface area contributed by atoms with E-state index < -0.39 is 0 Å². The lowest BCUT2D eigenvalue weighted by molar-refractivity contribution is 0.678. The zero-order valence-corrected chi connectivity index (χ0v) is 18.4. The quantitative estimate of drug-likeness (QED) is 0.238. The zero-order chi connectivity index (χ0) is 22.1. The van der Waals surface area contributed by atoms with Crippen molar-refractivity contribution in [2.75, 3.05) is 5.75 Å². The van der Waals surface area contributed by atoms with Gasteiger partial charge in [0.15, 0.2) is 5.16 Å². The molecule has 0 radical (unpaired) electrons. The summed E-state index contributed by atoms with van der Waals surface area (Å²) in [4.78, 5) is 33.4. The first-order valence-electron chi connectivity index (χ1n) is 10.5. The maximum Gasteiger partial charge on any atom is 0.326 e. The highest BCUT2D eigenvalue weighted by Crippen LogP contribution is 2.24. The van der Waals surface area contributed by atoms with Crippen molar-refractivity contribution in [3.63, 3.8) is 0 Å². The van der Waals surface area contributed by atoms with Crippen molar-refractivity contribution in [2.24, 2.45) is 0 Å². The number of aromatic amines is 1. The lowest BCUT2D eigenvalue weighted by Gasteiger charge is -2.15. The lowest BCUT2D eigenvalue weighted by Crippen LogP contribution is -2.22. The number of aryl methyl sites for hydroxylation is 2. The first-order chi connectivity index (χ1) is 15.6. The lowest BCUT2D eigenvalue weighted by atomic mass is 10.2. The van der Waals surface area contributed by atoms with E-state index in [0.717, 1.165) is 34.5 Å². The van der Waals surface area contributed by atoms with Gasteiger partial charge in [0.2, 0.25) is 0 Å². The minimum atomic E-state index is -0.100. The van der Waals surface area contributed by atoms with Gasteiger partial charge in [-0.15, -0.1) is 0 Å². The van der Waals surface area contributed by atoms with Crippen LogP contribution in [-0.2, 0) is 6.54 Å². The highest BCUT2D eigenvalue weighted by atomic mass is 32.2. The molecular weight excluding hydrogens is 420 g/mol. The summed E-state index contributed by atoms with van der Waals surface area (Å²) in [6, 6.07) is 23.0. The molecule has 2 aromatic heterocycles. The van der Waals surface area contributed by atoms with Crippen LogP contribution in [0.4, 0.5) is 0 Å². The third-order valence-corrected chi connectivity index (χ3v) is 6.56. The van der Waals surface area contributed by atoms with Crippen LogP contribution >= 0.6 is 11.8 Å². The molecule has 0 bridgehead atoms. The van der Waals surface area contributed by atoms with Crippen molar-refractivity contribution < 1.29 is 0 Å². The first-order valence-corrected chi connectivity index (χ1v) is 11.5. The molecule has 32 heavy (non-hydrogen) atoms. The summed E-state index contributed by atoms with van der Waals surface area (Å²) in [6.45, 7) is 2.59. The average Bonchev–Trinajstić information content (AvgIpc) is 3.13. The van der Waals surface area contributed by atoms with Gasteiger partial charge in [0, 0.05) is 12.3 Å². The number of H-pyrrole nitrogens is 1. The number of thioether (sulfide) groups is 1. The third-order valence-electron chi connectivity index (χ3n) is 5.54. The Morgan fingerprint density at radius 1 is 0.938 bits per heavy atom. The Morgan fingerprint density at radius 2 is 1.69 bits per heavy atom. The van der Waals surface area contributed by atoms with Gasteiger partial charge in [-0.1, -0.05) is 54.2 Å². The second kappa shape index (κ2) is 8.51. The molecule has 7 heteroatoms. The predicted molar refractivity (Wildman–Crippen MR) is 130 cm³/mol. The molecule has 0 saturated carbocycles. The van der Waals surface area contributed by atoms with E-state index in [9.17, 15) is 9.59 Å². The molecule has 0 saturated heterocycles. The maximum absolute atomic E-state index is 13.4. The predicted octanol–water partition coefficient (Wildman–Crippen LogP) is 4.52. The molecule has 160 valence electrons. The molecule has 0 aliphatic heterocycles. The van der Waals surface area contributed by atoms with Crippen molar-refractivity contribution in [2.45, 2.75) is 25.0 Å². The highest BCUT2D eigenvalue weighted by Gasteiger charge is 2.14.